The summed E-state index contributed by atoms with van der Waals surface area (Å²) < 4.78 is 39.9. The van der Waals surface area contributed by atoms with Gasteiger partial charge in [-0.15, -0.1) is 0 Å². The van der Waals surface area contributed by atoms with Gasteiger partial charge in [-0.2, -0.15) is 4.31 Å². The van der Waals surface area contributed by atoms with Gasteiger partial charge in [0.25, 0.3) is 0 Å². The molecule has 0 aromatic heterocycles. The molecule has 1 aromatic carbocycles. The Kier molecular flexibility index (Phi) is 5.21. The van der Waals surface area contributed by atoms with E-state index in [1.54, 1.807) is 18.2 Å². The summed E-state index contributed by atoms with van der Waals surface area (Å²) in [6.45, 7) is 8.28. The fourth-order valence-corrected chi connectivity index (χ4v) is 5.89. The Hall–Kier alpha value is -1.90. The molecule has 3 unspecified atom stereocenters. The molecule has 29 heavy (non-hydrogen) atoms. The van der Waals surface area contributed by atoms with Crippen LogP contribution in [0.3, 0.4) is 0 Å². The van der Waals surface area contributed by atoms with Crippen LogP contribution in [0.2, 0.25) is 0 Å². The Labute approximate surface area is 172 Å². The van der Waals surface area contributed by atoms with Crippen molar-refractivity contribution >= 4 is 15.9 Å². The molecule has 3 aliphatic heterocycles. The predicted octanol–water partition coefficient (Wildman–Crippen LogP) is 2.22. The van der Waals surface area contributed by atoms with Gasteiger partial charge < -0.3 is 14.8 Å². The lowest BCUT2D eigenvalue weighted by molar-refractivity contribution is -0.120. The van der Waals surface area contributed by atoms with E-state index in [4.69, 9.17) is 9.47 Å². The monoisotopic (exact) mass is 420 g/mol. The van der Waals surface area contributed by atoms with E-state index in [2.05, 4.69) is 11.9 Å². The molecule has 3 heterocycles. The third-order valence-electron chi connectivity index (χ3n) is 6.06. The summed E-state index contributed by atoms with van der Waals surface area (Å²) in [6, 6.07) is 5.14. The number of carbonyl (C=O) groups excluding carboxylic acids is 1. The zero-order valence-electron chi connectivity index (χ0n) is 16.9. The molecular formula is C21H28N2O5S. The summed E-state index contributed by atoms with van der Waals surface area (Å²) in [5, 5.41) is 2.75. The number of fused-ring (bicyclic) bond motifs is 2. The molecule has 158 valence electrons. The van der Waals surface area contributed by atoms with Gasteiger partial charge >= 0.3 is 0 Å². The summed E-state index contributed by atoms with van der Waals surface area (Å²) >= 11 is 0. The lowest BCUT2D eigenvalue weighted by Gasteiger charge is -2.34. The third kappa shape index (κ3) is 4.06. The molecule has 0 saturated carbocycles. The smallest absolute Gasteiger partial charge is 0.245 e. The van der Waals surface area contributed by atoms with Gasteiger partial charge in [0.15, 0.2) is 0 Å². The van der Waals surface area contributed by atoms with Crippen LogP contribution in [-0.4, -0.2) is 49.7 Å². The van der Waals surface area contributed by atoms with E-state index < -0.39 is 10.0 Å². The minimum Gasteiger partial charge on any atom is -0.488 e. The maximum atomic E-state index is 13.2. The van der Waals surface area contributed by atoms with Crippen LogP contribution in [0.15, 0.2) is 35.7 Å². The zero-order chi connectivity index (χ0) is 20.8. The molecule has 3 atom stereocenters. The van der Waals surface area contributed by atoms with Crippen molar-refractivity contribution in [3.05, 3.63) is 36.4 Å². The van der Waals surface area contributed by atoms with Crippen LogP contribution in [0.5, 0.6) is 5.75 Å². The highest BCUT2D eigenvalue weighted by Crippen LogP contribution is 2.37. The zero-order valence-corrected chi connectivity index (χ0v) is 17.7. The Morgan fingerprint density at radius 3 is 2.93 bits per heavy atom. The standard InChI is InChI=1S/C21H28N2O5S/c1-4-19(24)22-20-12-15-8-10-23(13-18(15)27-20)29(25,26)16-5-6-17-14(11-16)7-9-21(2,3)28-17/h4-6,11,15,18,20H,1,7-10,12-13H2,2-3H3,(H,22,24). The van der Waals surface area contributed by atoms with E-state index in [9.17, 15) is 13.2 Å². The van der Waals surface area contributed by atoms with Crippen LogP contribution in [0.4, 0.5) is 0 Å². The van der Waals surface area contributed by atoms with Crippen LogP contribution in [-0.2, 0) is 26.0 Å². The second-order valence-electron chi connectivity index (χ2n) is 8.65. The van der Waals surface area contributed by atoms with Crippen molar-refractivity contribution in [3.63, 3.8) is 0 Å². The van der Waals surface area contributed by atoms with Gasteiger partial charge in [0.05, 0.1) is 11.0 Å². The summed E-state index contributed by atoms with van der Waals surface area (Å²) in [5.74, 6) is 0.729. The largest absolute Gasteiger partial charge is 0.488 e. The molecule has 7 nitrogen and oxygen atoms in total. The molecule has 4 rings (SSSR count). The average molecular weight is 421 g/mol. The van der Waals surface area contributed by atoms with Crippen molar-refractivity contribution in [2.24, 2.45) is 5.92 Å². The number of rotatable bonds is 4. The summed E-state index contributed by atoms with van der Waals surface area (Å²) in [7, 11) is -3.61. The maximum absolute atomic E-state index is 13.2. The highest BCUT2D eigenvalue weighted by Gasteiger charge is 2.43. The molecule has 3 aliphatic rings. The molecule has 1 amide bonds. The Bertz CT molecular complexity index is 927. The van der Waals surface area contributed by atoms with E-state index in [0.29, 0.717) is 30.8 Å². The van der Waals surface area contributed by atoms with Crippen molar-refractivity contribution in [1.82, 2.24) is 9.62 Å². The lowest BCUT2D eigenvalue weighted by atomic mass is 9.94. The second kappa shape index (κ2) is 7.41. The number of ether oxygens (including phenoxy) is 2. The molecule has 2 fully saturated rings. The minimum atomic E-state index is -3.61. The molecule has 0 bridgehead atoms. The molecule has 1 N–H and O–H groups in total. The molecule has 1 aromatic rings. The first-order chi connectivity index (χ1) is 13.7. The Morgan fingerprint density at radius 2 is 2.17 bits per heavy atom. The van der Waals surface area contributed by atoms with E-state index in [1.807, 2.05) is 13.8 Å². The van der Waals surface area contributed by atoms with Crippen molar-refractivity contribution in [2.75, 3.05) is 13.1 Å². The SMILES string of the molecule is C=CC(=O)NC1CC2CCN(S(=O)(=O)c3ccc4c(c3)CCC(C)(C)O4)CC2O1. The highest BCUT2D eigenvalue weighted by molar-refractivity contribution is 7.89. The summed E-state index contributed by atoms with van der Waals surface area (Å²) in [4.78, 5) is 11.8. The summed E-state index contributed by atoms with van der Waals surface area (Å²) in [6.07, 6.45) is 3.67. The first kappa shape index (κ1) is 20.4. The van der Waals surface area contributed by atoms with Crippen LogP contribution >= 0.6 is 0 Å². The third-order valence-corrected chi connectivity index (χ3v) is 7.92. The minimum absolute atomic E-state index is 0.213. The first-order valence-corrected chi connectivity index (χ1v) is 11.5. The highest BCUT2D eigenvalue weighted by atomic mass is 32.2. The number of amides is 1. The number of piperidine rings is 1. The van der Waals surface area contributed by atoms with Crippen LogP contribution in [0.25, 0.3) is 0 Å². The molecule has 2 saturated heterocycles. The van der Waals surface area contributed by atoms with Gasteiger partial charge in [0, 0.05) is 13.1 Å². The fraction of sp³-hybridized carbons (Fsp3) is 0.571. The Morgan fingerprint density at radius 1 is 1.38 bits per heavy atom. The number of sulfonamides is 1. The number of hydrogen-bond acceptors (Lipinski definition) is 5. The quantitative estimate of drug-likeness (QED) is 0.755. The van der Waals surface area contributed by atoms with Crippen LogP contribution in [0, 0.1) is 5.92 Å². The predicted molar refractivity (Wildman–Crippen MR) is 108 cm³/mol. The first-order valence-electron chi connectivity index (χ1n) is 10.1. The van der Waals surface area contributed by atoms with E-state index in [1.165, 1.54) is 10.4 Å². The molecule has 0 radical (unpaired) electrons. The topological polar surface area (TPSA) is 84.9 Å². The number of benzene rings is 1. The Balaban J connectivity index is 1.48. The van der Waals surface area contributed by atoms with Crippen LogP contribution < -0.4 is 10.1 Å². The van der Waals surface area contributed by atoms with Crippen molar-refractivity contribution in [2.45, 2.75) is 62.4 Å². The molecule has 0 aliphatic carbocycles. The number of nitrogens with zero attached hydrogens (tertiary/aromatic N) is 1. The van der Waals surface area contributed by atoms with Gasteiger partial charge in [0.2, 0.25) is 15.9 Å². The second-order valence-corrected chi connectivity index (χ2v) is 10.6. The maximum Gasteiger partial charge on any atom is 0.245 e. The normalized spacial score (nSPS) is 28.7. The van der Waals surface area contributed by atoms with Gasteiger partial charge in [-0.3, -0.25) is 4.79 Å². The van der Waals surface area contributed by atoms with Gasteiger partial charge in [-0.05, 0) is 75.3 Å². The lowest BCUT2D eigenvalue weighted by Crippen LogP contribution is -2.45. The van der Waals surface area contributed by atoms with Crippen LogP contribution in [0.1, 0.15) is 38.7 Å². The average Bonchev–Trinajstić information content (AvgIpc) is 3.08. The van der Waals surface area contributed by atoms with Gasteiger partial charge in [0.1, 0.15) is 17.6 Å². The van der Waals surface area contributed by atoms with Crippen molar-refractivity contribution in [3.8, 4) is 5.75 Å². The van der Waals surface area contributed by atoms with E-state index in [0.717, 1.165) is 24.2 Å². The molecular weight excluding hydrogens is 392 g/mol. The van der Waals surface area contributed by atoms with Gasteiger partial charge in [-0.25, -0.2) is 8.42 Å². The summed E-state index contributed by atoms with van der Waals surface area (Å²) in [5.41, 5.74) is 0.705. The number of hydrogen-bond donors (Lipinski definition) is 1. The fourth-order valence-electron chi connectivity index (χ4n) is 4.38. The van der Waals surface area contributed by atoms with Crippen molar-refractivity contribution < 1.29 is 22.7 Å². The van der Waals surface area contributed by atoms with Gasteiger partial charge in [-0.1, -0.05) is 6.58 Å². The van der Waals surface area contributed by atoms with Crippen molar-refractivity contribution in [1.29, 1.82) is 0 Å². The number of carbonyl (C=O) groups is 1. The molecule has 8 heteroatoms. The number of aryl methyl sites for hydroxylation is 1. The molecule has 0 spiro atoms. The number of nitrogens with one attached hydrogen (secondary N) is 1. The van der Waals surface area contributed by atoms with E-state index >= 15 is 0 Å². The van der Waals surface area contributed by atoms with E-state index in [-0.39, 0.29) is 29.8 Å².